The van der Waals surface area contributed by atoms with E-state index in [9.17, 15) is 9.59 Å². The standard InChI is InChI=1S/C31H33Cl2N3O4/c1-39-29-11-5-2-7-24(29)8-6-16-36(31(38)27-9-3-4-10-28(27)33)22-19-34-17-20-35(21-18-34)30(37)23-40-26-14-12-25(32)13-15-26/h2-15H,16-23H2,1H3/b8-6+. The smallest absolute Gasteiger partial charge is 0.260 e. The van der Waals surface area contributed by atoms with Crippen LogP contribution >= 0.6 is 23.2 Å². The summed E-state index contributed by atoms with van der Waals surface area (Å²) < 4.78 is 11.0. The number of carbonyl (C=O) groups is 2. The fraction of sp³-hybridized carbons (Fsp3) is 0.290. The fourth-order valence-electron chi connectivity index (χ4n) is 4.44. The first-order valence-corrected chi connectivity index (χ1v) is 13.9. The molecule has 0 unspecified atom stereocenters. The summed E-state index contributed by atoms with van der Waals surface area (Å²) in [6.45, 7) is 4.26. The van der Waals surface area contributed by atoms with Gasteiger partial charge in [-0.1, -0.05) is 65.7 Å². The summed E-state index contributed by atoms with van der Waals surface area (Å²) in [7, 11) is 1.64. The molecule has 0 saturated carbocycles. The summed E-state index contributed by atoms with van der Waals surface area (Å²) in [6, 6.07) is 21.8. The Morgan fingerprint density at radius 3 is 2.35 bits per heavy atom. The van der Waals surface area contributed by atoms with Gasteiger partial charge in [-0.3, -0.25) is 14.5 Å². The van der Waals surface area contributed by atoms with Crippen LogP contribution < -0.4 is 9.47 Å². The van der Waals surface area contributed by atoms with Crippen molar-refractivity contribution in [3.8, 4) is 11.5 Å². The van der Waals surface area contributed by atoms with Crippen LogP contribution in [-0.4, -0.2) is 86.0 Å². The van der Waals surface area contributed by atoms with Crippen molar-refractivity contribution in [3.63, 3.8) is 0 Å². The maximum Gasteiger partial charge on any atom is 0.260 e. The highest BCUT2D eigenvalue weighted by Gasteiger charge is 2.23. The van der Waals surface area contributed by atoms with Gasteiger partial charge in [0.05, 0.1) is 17.7 Å². The number of para-hydroxylation sites is 1. The molecule has 0 radical (unpaired) electrons. The highest BCUT2D eigenvalue weighted by molar-refractivity contribution is 6.33. The van der Waals surface area contributed by atoms with Crippen molar-refractivity contribution in [1.29, 1.82) is 0 Å². The van der Waals surface area contributed by atoms with E-state index in [1.165, 1.54) is 0 Å². The van der Waals surface area contributed by atoms with Crippen molar-refractivity contribution in [3.05, 3.63) is 100 Å². The molecule has 0 aliphatic carbocycles. The minimum atomic E-state index is -0.122. The van der Waals surface area contributed by atoms with E-state index in [2.05, 4.69) is 4.90 Å². The van der Waals surface area contributed by atoms with Gasteiger partial charge in [0.15, 0.2) is 6.61 Å². The zero-order valence-corrected chi connectivity index (χ0v) is 24.0. The Labute approximate surface area is 245 Å². The van der Waals surface area contributed by atoms with Gasteiger partial charge in [-0.2, -0.15) is 0 Å². The van der Waals surface area contributed by atoms with E-state index in [0.717, 1.165) is 24.4 Å². The van der Waals surface area contributed by atoms with Gasteiger partial charge in [0, 0.05) is 56.4 Å². The zero-order chi connectivity index (χ0) is 28.3. The van der Waals surface area contributed by atoms with Crippen LogP contribution in [0.15, 0.2) is 78.9 Å². The van der Waals surface area contributed by atoms with Crippen LogP contribution in [0.4, 0.5) is 0 Å². The van der Waals surface area contributed by atoms with E-state index in [-0.39, 0.29) is 18.4 Å². The van der Waals surface area contributed by atoms with Crippen molar-refractivity contribution >= 4 is 41.1 Å². The van der Waals surface area contributed by atoms with Crippen molar-refractivity contribution in [2.45, 2.75) is 0 Å². The van der Waals surface area contributed by atoms with E-state index >= 15 is 0 Å². The molecular formula is C31H33Cl2N3O4. The predicted octanol–water partition coefficient (Wildman–Crippen LogP) is 5.38. The molecule has 7 nitrogen and oxygen atoms in total. The Morgan fingerprint density at radius 1 is 0.925 bits per heavy atom. The second-order valence-electron chi connectivity index (χ2n) is 9.34. The molecule has 1 aliphatic rings. The number of amides is 2. The number of carbonyl (C=O) groups excluding carboxylic acids is 2. The zero-order valence-electron chi connectivity index (χ0n) is 22.5. The molecular weight excluding hydrogens is 549 g/mol. The van der Waals surface area contributed by atoms with Crippen molar-refractivity contribution in [1.82, 2.24) is 14.7 Å². The highest BCUT2D eigenvalue weighted by Crippen LogP contribution is 2.20. The minimum absolute atomic E-state index is 0.0136. The Hall–Kier alpha value is -3.52. The quantitative estimate of drug-likeness (QED) is 0.304. The maximum absolute atomic E-state index is 13.4. The summed E-state index contributed by atoms with van der Waals surface area (Å²) in [4.78, 5) is 32.0. The van der Waals surface area contributed by atoms with E-state index in [1.54, 1.807) is 48.4 Å². The van der Waals surface area contributed by atoms with Gasteiger partial charge >= 0.3 is 0 Å². The normalized spacial score (nSPS) is 13.8. The van der Waals surface area contributed by atoms with Crippen molar-refractivity contribution in [2.75, 3.05) is 59.5 Å². The molecule has 0 spiro atoms. The largest absolute Gasteiger partial charge is 0.496 e. The molecule has 3 aromatic rings. The van der Waals surface area contributed by atoms with Gasteiger partial charge in [0.2, 0.25) is 0 Å². The first kappa shape index (κ1) is 29.5. The number of rotatable bonds is 11. The van der Waals surface area contributed by atoms with Crippen LogP contribution in [0.5, 0.6) is 11.5 Å². The molecule has 1 fully saturated rings. The van der Waals surface area contributed by atoms with E-state index in [1.807, 2.05) is 53.5 Å². The molecule has 210 valence electrons. The average Bonchev–Trinajstić information content (AvgIpc) is 2.99. The van der Waals surface area contributed by atoms with E-state index in [4.69, 9.17) is 32.7 Å². The Balaban J connectivity index is 1.32. The second-order valence-corrected chi connectivity index (χ2v) is 10.2. The van der Waals surface area contributed by atoms with Crippen LogP contribution in [0.2, 0.25) is 10.0 Å². The van der Waals surface area contributed by atoms with Gasteiger partial charge in [-0.05, 0) is 42.5 Å². The second kappa shape index (κ2) is 14.7. The number of halogens is 2. The van der Waals surface area contributed by atoms with Gasteiger partial charge < -0.3 is 19.3 Å². The average molecular weight is 583 g/mol. The molecule has 1 heterocycles. The third kappa shape index (κ3) is 8.24. The molecule has 2 amide bonds. The molecule has 40 heavy (non-hydrogen) atoms. The lowest BCUT2D eigenvalue weighted by Gasteiger charge is -2.35. The Kier molecular flexibility index (Phi) is 10.9. The van der Waals surface area contributed by atoms with E-state index in [0.29, 0.717) is 54.1 Å². The summed E-state index contributed by atoms with van der Waals surface area (Å²) in [5, 5.41) is 1.05. The number of methoxy groups -OCH3 is 1. The fourth-order valence-corrected chi connectivity index (χ4v) is 4.78. The number of piperazine rings is 1. The summed E-state index contributed by atoms with van der Waals surface area (Å²) in [5.74, 6) is 1.21. The third-order valence-electron chi connectivity index (χ3n) is 6.74. The highest BCUT2D eigenvalue weighted by atomic mass is 35.5. The van der Waals surface area contributed by atoms with Crippen molar-refractivity contribution in [2.24, 2.45) is 0 Å². The monoisotopic (exact) mass is 581 g/mol. The topological polar surface area (TPSA) is 62.3 Å². The summed E-state index contributed by atoms with van der Waals surface area (Å²) >= 11 is 12.3. The molecule has 0 bridgehead atoms. The Morgan fingerprint density at radius 2 is 1.62 bits per heavy atom. The predicted molar refractivity (Wildman–Crippen MR) is 159 cm³/mol. The molecule has 3 aromatic carbocycles. The van der Waals surface area contributed by atoms with Gasteiger partial charge in [-0.25, -0.2) is 0 Å². The SMILES string of the molecule is COc1ccccc1/C=C/CN(CCN1CCN(C(=O)COc2ccc(Cl)cc2)CC1)C(=O)c1ccccc1Cl. The molecule has 0 aromatic heterocycles. The summed E-state index contributed by atoms with van der Waals surface area (Å²) in [5.41, 5.74) is 1.42. The lowest BCUT2D eigenvalue weighted by molar-refractivity contribution is -0.135. The lowest BCUT2D eigenvalue weighted by atomic mass is 10.1. The third-order valence-corrected chi connectivity index (χ3v) is 7.32. The first-order valence-electron chi connectivity index (χ1n) is 13.2. The number of benzene rings is 3. The lowest BCUT2D eigenvalue weighted by Crippen LogP contribution is -2.51. The van der Waals surface area contributed by atoms with E-state index < -0.39 is 0 Å². The van der Waals surface area contributed by atoms with Gasteiger partial charge in [0.25, 0.3) is 11.8 Å². The van der Waals surface area contributed by atoms with Crippen molar-refractivity contribution < 1.29 is 19.1 Å². The van der Waals surface area contributed by atoms with Gasteiger partial charge in [-0.15, -0.1) is 0 Å². The number of hydrogen-bond donors (Lipinski definition) is 0. The number of nitrogens with zero attached hydrogens (tertiary/aromatic N) is 3. The number of hydrogen-bond acceptors (Lipinski definition) is 5. The molecule has 0 atom stereocenters. The minimum Gasteiger partial charge on any atom is -0.496 e. The van der Waals surface area contributed by atoms with Crippen LogP contribution in [-0.2, 0) is 4.79 Å². The maximum atomic E-state index is 13.4. The van der Waals surface area contributed by atoms with Crippen LogP contribution in [0.1, 0.15) is 15.9 Å². The van der Waals surface area contributed by atoms with Gasteiger partial charge in [0.1, 0.15) is 11.5 Å². The molecule has 1 saturated heterocycles. The van der Waals surface area contributed by atoms with Crippen LogP contribution in [0.25, 0.3) is 6.08 Å². The van der Waals surface area contributed by atoms with Crippen LogP contribution in [0.3, 0.4) is 0 Å². The summed E-state index contributed by atoms with van der Waals surface area (Å²) in [6.07, 6.45) is 3.92. The molecule has 4 rings (SSSR count). The first-order chi connectivity index (χ1) is 19.4. The molecule has 9 heteroatoms. The number of ether oxygens (including phenoxy) is 2. The Bertz CT molecular complexity index is 1310. The molecule has 1 aliphatic heterocycles. The van der Waals surface area contributed by atoms with Crippen LogP contribution in [0, 0.1) is 0 Å². The molecule has 0 N–H and O–H groups in total.